The van der Waals surface area contributed by atoms with E-state index < -0.39 is 0 Å². The van der Waals surface area contributed by atoms with Gasteiger partial charge in [-0.05, 0) is 56.0 Å². The normalized spacial score (nSPS) is 14.4. The number of rotatable bonds is 9. The van der Waals surface area contributed by atoms with Gasteiger partial charge in [0.15, 0.2) is 0 Å². The van der Waals surface area contributed by atoms with Crippen LogP contribution in [0.25, 0.3) is 0 Å². The molecule has 0 atom stereocenters. The minimum Gasteiger partial charge on any atom is -0.497 e. The van der Waals surface area contributed by atoms with Gasteiger partial charge in [0.2, 0.25) is 11.8 Å². The molecule has 1 fully saturated rings. The summed E-state index contributed by atoms with van der Waals surface area (Å²) in [5.74, 6) is 0.453. The van der Waals surface area contributed by atoms with Gasteiger partial charge in [-0.1, -0.05) is 12.1 Å². The molecule has 0 aliphatic carbocycles. The maximum absolute atomic E-state index is 12.7. The van der Waals surface area contributed by atoms with E-state index in [1.54, 1.807) is 20.1 Å². The number of carbonyl (C=O) groups is 3. The zero-order chi connectivity index (χ0) is 24.5. The summed E-state index contributed by atoms with van der Waals surface area (Å²) in [6.07, 6.45) is 1.99. The molecule has 9 heteroatoms. The van der Waals surface area contributed by atoms with E-state index in [0.717, 1.165) is 29.8 Å². The molecule has 2 heterocycles. The Bertz CT molecular complexity index is 989. The summed E-state index contributed by atoms with van der Waals surface area (Å²) in [6.45, 7) is 6.88. The van der Waals surface area contributed by atoms with Crippen molar-refractivity contribution in [2.24, 2.45) is 0 Å². The summed E-state index contributed by atoms with van der Waals surface area (Å²) >= 11 is 1.23. The molecule has 34 heavy (non-hydrogen) atoms. The van der Waals surface area contributed by atoms with Crippen molar-refractivity contribution < 1.29 is 23.9 Å². The molecule has 3 rings (SSSR count). The van der Waals surface area contributed by atoms with E-state index in [1.807, 2.05) is 36.1 Å². The average molecular weight is 488 g/mol. The molecule has 1 saturated heterocycles. The predicted molar refractivity (Wildman–Crippen MR) is 133 cm³/mol. The third-order valence-corrected chi connectivity index (χ3v) is 6.87. The number of hydrogen-bond acceptors (Lipinski definition) is 7. The number of methoxy groups -OCH3 is 1. The summed E-state index contributed by atoms with van der Waals surface area (Å²) in [6, 6.07) is 9.58. The van der Waals surface area contributed by atoms with Crippen LogP contribution in [0, 0.1) is 6.92 Å². The summed E-state index contributed by atoms with van der Waals surface area (Å²) in [7, 11) is 1.63. The van der Waals surface area contributed by atoms with Crippen molar-refractivity contribution in [3.05, 3.63) is 46.3 Å². The number of hydrogen-bond donors (Lipinski definition) is 1. The molecule has 0 saturated carbocycles. The van der Waals surface area contributed by atoms with Crippen LogP contribution in [-0.2, 0) is 20.7 Å². The third kappa shape index (κ3) is 7.30. The van der Waals surface area contributed by atoms with Gasteiger partial charge in [-0.3, -0.25) is 14.5 Å². The Hall–Kier alpha value is -2.91. The van der Waals surface area contributed by atoms with Crippen molar-refractivity contribution in [2.45, 2.75) is 33.1 Å². The van der Waals surface area contributed by atoms with E-state index in [9.17, 15) is 14.4 Å². The maximum Gasteiger partial charge on any atom is 0.348 e. The van der Waals surface area contributed by atoms with E-state index in [1.165, 1.54) is 11.3 Å². The van der Waals surface area contributed by atoms with Crippen LogP contribution in [0.3, 0.4) is 0 Å². The lowest BCUT2D eigenvalue weighted by atomic mass is 10.1. The number of anilines is 1. The van der Waals surface area contributed by atoms with Gasteiger partial charge in [0, 0.05) is 32.6 Å². The van der Waals surface area contributed by atoms with E-state index in [2.05, 4.69) is 10.2 Å². The molecule has 8 nitrogen and oxygen atoms in total. The molecule has 1 aromatic carbocycles. The number of thiophene rings is 1. The fraction of sp³-hybridized carbons (Fsp3) is 0.480. The Morgan fingerprint density at radius 1 is 1.09 bits per heavy atom. The van der Waals surface area contributed by atoms with Crippen molar-refractivity contribution >= 4 is 34.1 Å². The van der Waals surface area contributed by atoms with Crippen LogP contribution in [0.4, 0.5) is 5.00 Å². The van der Waals surface area contributed by atoms with E-state index in [-0.39, 0.29) is 24.3 Å². The summed E-state index contributed by atoms with van der Waals surface area (Å²) in [5, 5.41) is 3.52. The second-order valence-electron chi connectivity index (χ2n) is 8.25. The van der Waals surface area contributed by atoms with Crippen molar-refractivity contribution in [2.75, 3.05) is 51.8 Å². The number of esters is 1. The van der Waals surface area contributed by atoms with Crippen LogP contribution in [0.1, 0.15) is 40.6 Å². The first-order chi connectivity index (χ1) is 16.4. The van der Waals surface area contributed by atoms with Crippen molar-refractivity contribution in [3.63, 3.8) is 0 Å². The monoisotopic (exact) mass is 487 g/mol. The number of amides is 2. The van der Waals surface area contributed by atoms with Gasteiger partial charge >= 0.3 is 5.97 Å². The molecule has 0 unspecified atom stereocenters. The van der Waals surface area contributed by atoms with Crippen molar-refractivity contribution in [3.8, 4) is 5.75 Å². The van der Waals surface area contributed by atoms with Gasteiger partial charge in [0.05, 0.1) is 25.3 Å². The number of benzene rings is 1. The van der Waals surface area contributed by atoms with Gasteiger partial charge in [0.25, 0.3) is 0 Å². The van der Waals surface area contributed by atoms with Crippen molar-refractivity contribution in [1.29, 1.82) is 0 Å². The molecule has 184 valence electrons. The van der Waals surface area contributed by atoms with Crippen molar-refractivity contribution in [1.82, 2.24) is 9.80 Å². The Morgan fingerprint density at radius 2 is 1.85 bits per heavy atom. The fourth-order valence-electron chi connectivity index (χ4n) is 3.90. The Morgan fingerprint density at radius 3 is 2.56 bits per heavy atom. The lowest BCUT2D eigenvalue weighted by molar-refractivity contribution is -0.131. The Kier molecular flexibility index (Phi) is 9.47. The standard InChI is InChI=1S/C25H33N3O5S/c1-4-33-25(31)24-18(2)16-22(34-24)26-21(29)17-27-12-5-13-28(15-14-27)23(30)11-8-19-6-9-20(32-3)10-7-19/h6-7,9-10,16H,4-5,8,11-15,17H2,1-3H3,(H,26,29). The first kappa shape index (κ1) is 25.7. The van der Waals surface area contributed by atoms with Gasteiger partial charge in [-0.25, -0.2) is 4.79 Å². The first-order valence-electron chi connectivity index (χ1n) is 11.6. The zero-order valence-electron chi connectivity index (χ0n) is 20.1. The third-order valence-electron chi connectivity index (χ3n) is 5.74. The van der Waals surface area contributed by atoms with E-state index in [4.69, 9.17) is 9.47 Å². The van der Waals surface area contributed by atoms with E-state index >= 15 is 0 Å². The molecule has 2 amide bonds. The Labute approximate surface area is 204 Å². The maximum atomic E-state index is 12.7. The highest BCUT2D eigenvalue weighted by Gasteiger charge is 2.21. The molecule has 1 aliphatic rings. The largest absolute Gasteiger partial charge is 0.497 e. The highest BCUT2D eigenvalue weighted by Crippen LogP contribution is 2.27. The second-order valence-corrected chi connectivity index (χ2v) is 9.30. The fourth-order valence-corrected chi connectivity index (χ4v) is 4.89. The number of carbonyl (C=O) groups excluding carboxylic acids is 3. The summed E-state index contributed by atoms with van der Waals surface area (Å²) in [4.78, 5) is 41.8. The summed E-state index contributed by atoms with van der Waals surface area (Å²) in [5.41, 5.74) is 1.90. The van der Waals surface area contributed by atoms with Crippen LogP contribution >= 0.6 is 11.3 Å². The lowest BCUT2D eigenvalue weighted by Crippen LogP contribution is -2.38. The molecule has 1 aliphatic heterocycles. The van der Waals surface area contributed by atoms with Crippen LogP contribution in [-0.4, -0.2) is 74.0 Å². The number of ether oxygens (including phenoxy) is 2. The second kappa shape index (κ2) is 12.5. The molecule has 1 aromatic heterocycles. The average Bonchev–Trinajstić information content (AvgIpc) is 3.03. The minimum atomic E-state index is -0.366. The molecule has 0 spiro atoms. The van der Waals surface area contributed by atoms with Crippen LogP contribution in [0.5, 0.6) is 5.75 Å². The van der Waals surface area contributed by atoms with Crippen LogP contribution < -0.4 is 10.1 Å². The van der Waals surface area contributed by atoms with Gasteiger partial charge < -0.3 is 19.7 Å². The number of nitrogens with one attached hydrogen (secondary N) is 1. The van der Waals surface area contributed by atoms with Gasteiger partial charge in [-0.15, -0.1) is 11.3 Å². The van der Waals surface area contributed by atoms with Gasteiger partial charge in [-0.2, -0.15) is 0 Å². The topological polar surface area (TPSA) is 88.2 Å². The molecular formula is C25H33N3O5S. The van der Waals surface area contributed by atoms with Crippen LogP contribution in [0.2, 0.25) is 0 Å². The quantitative estimate of drug-likeness (QED) is 0.546. The van der Waals surface area contributed by atoms with Crippen LogP contribution in [0.15, 0.2) is 30.3 Å². The first-order valence-corrected chi connectivity index (χ1v) is 12.4. The molecule has 0 bridgehead atoms. The molecule has 2 aromatic rings. The zero-order valence-corrected chi connectivity index (χ0v) is 20.9. The smallest absolute Gasteiger partial charge is 0.348 e. The molecule has 0 radical (unpaired) electrons. The highest BCUT2D eigenvalue weighted by molar-refractivity contribution is 7.18. The molecule has 1 N–H and O–H groups in total. The lowest BCUT2D eigenvalue weighted by Gasteiger charge is -2.21. The predicted octanol–water partition coefficient (Wildman–Crippen LogP) is 3.35. The van der Waals surface area contributed by atoms with Gasteiger partial charge in [0.1, 0.15) is 10.6 Å². The number of aryl methyl sites for hydroxylation is 2. The summed E-state index contributed by atoms with van der Waals surface area (Å²) < 4.78 is 10.2. The molecular weight excluding hydrogens is 454 g/mol. The Balaban J connectivity index is 1.44. The SMILES string of the molecule is CCOC(=O)c1sc(NC(=O)CN2CCCN(C(=O)CCc3ccc(OC)cc3)CC2)cc1C. The number of nitrogens with zero attached hydrogens (tertiary/aromatic N) is 2. The van der Waals surface area contributed by atoms with E-state index in [0.29, 0.717) is 49.0 Å². The minimum absolute atomic E-state index is 0.129. The highest BCUT2D eigenvalue weighted by atomic mass is 32.1.